The lowest BCUT2D eigenvalue weighted by Gasteiger charge is -2.40. The summed E-state index contributed by atoms with van der Waals surface area (Å²) in [7, 11) is 0. The number of nitrogens with one attached hydrogen (secondary N) is 2. The van der Waals surface area contributed by atoms with Gasteiger partial charge in [-0.05, 0) is 37.5 Å². The van der Waals surface area contributed by atoms with Crippen molar-refractivity contribution in [2.75, 3.05) is 18.1 Å². The van der Waals surface area contributed by atoms with E-state index in [2.05, 4.69) is 25.3 Å². The molecule has 2 atom stereocenters. The molecule has 1 aromatic carbocycles. The highest BCUT2D eigenvalue weighted by molar-refractivity contribution is 5.93. The number of nitrogens with zero attached hydrogens (tertiary/aromatic N) is 4. The molecule has 10 heteroatoms. The summed E-state index contributed by atoms with van der Waals surface area (Å²) in [5.41, 5.74) is 1.76. The highest BCUT2D eigenvalue weighted by Gasteiger charge is 2.32. The van der Waals surface area contributed by atoms with Gasteiger partial charge in [-0.15, -0.1) is 0 Å². The molecule has 0 radical (unpaired) electrons. The van der Waals surface area contributed by atoms with E-state index in [0.29, 0.717) is 42.2 Å². The summed E-state index contributed by atoms with van der Waals surface area (Å²) in [6.07, 6.45) is 5.58. The molecule has 3 heterocycles. The highest BCUT2D eigenvalue weighted by Crippen LogP contribution is 2.34. The van der Waals surface area contributed by atoms with Gasteiger partial charge in [0.25, 0.3) is 11.5 Å². The van der Waals surface area contributed by atoms with Crippen LogP contribution in [-0.4, -0.2) is 50.1 Å². The number of aryl methyl sites for hydroxylation is 1. The number of aliphatic hydroxyl groups is 1. The highest BCUT2D eigenvalue weighted by atomic mass is 19.1. The number of aromatic amines is 1. The Labute approximate surface area is 189 Å². The molecular weight excluding hydrogens is 427 g/mol. The first-order valence-corrected chi connectivity index (χ1v) is 10.7. The van der Waals surface area contributed by atoms with Crippen LogP contribution in [0.3, 0.4) is 0 Å². The molecule has 4 rings (SSSR count). The fourth-order valence-corrected chi connectivity index (χ4v) is 4.20. The number of aromatic nitrogens is 4. The van der Waals surface area contributed by atoms with Crippen LogP contribution in [0.15, 0.2) is 47.8 Å². The van der Waals surface area contributed by atoms with Gasteiger partial charge in [0, 0.05) is 43.6 Å². The molecule has 3 N–H and O–H groups in total. The molecule has 1 fully saturated rings. The first-order chi connectivity index (χ1) is 16.0. The van der Waals surface area contributed by atoms with E-state index in [1.165, 1.54) is 30.9 Å². The summed E-state index contributed by atoms with van der Waals surface area (Å²) >= 11 is 0. The van der Waals surface area contributed by atoms with E-state index in [4.69, 9.17) is 0 Å². The Balaban J connectivity index is 1.63. The van der Waals surface area contributed by atoms with Gasteiger partial charge in [-0.2, -0.15) is 0 Å². The Morgan fingerprint density at radius 1 is 1.33 bits per heavy atom. The molecule has 1 aliphatic rings. The summed E-state index contributed by atoms with van der Waals surface area (Å²) < 4.78 is 14.0. The van der Waals surface area contributed by atoms with Crippen molar-refractivity contribution in [1.82, 2.24) is 25.3 Å². The Morgan fingerprint density at radius 2 is 2.12 bits per heavy atom. The number of carbonyl (C=O) groups excluding carboxylic acids is 1. The number of amides is 1. The Morgan fingerprint density at radius 3 is 2.82 bits per heavy atom. The van der Waals surface area contributed by atoms with Gasteiger partial charge in [0.15, 0.2) is 0 Å². The summed E-state index contributed by atoms with van der Waals surface area (Å²) in [5, 5.41) is 12.2. The van der Waals surface area contributed by atoms with Gasteiger partial charge in [-0.3, -0.25) is 14.6 Å². The predicted molar refractivity (Wildman–Crippen MR) is 119 cm³/mol. The lowest BCUT2D eigenvalue weighted by molar-refractivity contribution is 0.0926. The lowest BCUT2D eigenvalue weighted by atomic mass is 9.91. The van der Waals surface area contributed by atoms with Crippen LogP contribution in [-0.2, 0) is 6.42 Å². The van der Waals surface area contributed by atoms with Crippen molar-refractivity contribution in [1.29, 1.82) is 0 Å². The minimum atomic E-state index is -0.365. The quantitative estimate of drug-likeness (QED) is 0.520. The van der Waals surface area contributed by atoms with Crippen molar-refractivity contribution in [3.63, 3.8) is 0 Å². The standard InChI is InChI=1S/C23H25FN6O3/c1-14-19(6-8-31)22(33)29-23(27-14)30-7-5-18(28-21(32)16-11-25-13-26-12-16)10-20(30)15-3-2-4-17(24)9-15/h2-4,9,11-13,18,20,31H,5-8,10H2,1H3,(H,28,32)(H,27,29,33). The van der Waals surface area contributed by atoms with E-state index in [-0.39, 0.29) is 42.4 Å². The fraction of sp³-hybridized carbons (Fsp3) is 0.348. The summed E-state index contributed by atoms with van der Waals surface area (Å²) in [4.78, 5) is 42.3. The van der Waals surface area contributed by atoms with E-state index in [1.807, 2.05) is 11.0 Å². The van der Waals surface area contributed by atoms with E-state index < -0.39 is 0 Å². The number of piperidine rings is 1. The van der Waals surface area contributed by atoms with Crippen molar-refractivity contribution in [2.45, 2.75) is 38.3 Å². The van der Waals surface area contributed by atoms with Gasteiger partial charge in [-0.1, -0.05) is 12.1 Å². The van der Waals surface area contributed by atoms with Crippen LogP contribution in [0, 0.1) is 12.7 Å². The van der Waals surface area contributed by atoms with Gasteiger partial charge in [0.2, 0.25) is 5.95 Å². The number of rotatable bonds is 6. The molecule has 0 bridgehead atoms. The second kappa shape index (κ2) is 9.86. The zero-order valence-electron chi connectivity index (χ0n) is 18.2. The van der Waals surface area contributed by atoms with Crippen molar-refractivity contribution in [2.24, 2.45) is 0 Å². The number of benzene rings is 1. The third-order valence-electron chi connectivity index (χ3n) is 5.84. The second-order valence-electron chi connectivity index (χ2n) is 8.01. The molecule has 0 saturated carbocycles. The van der Waals surface area contributed by atoms with Crippen LogP contribution in [0.1, 0.15) is 46.1 Å². The van der Waals surface area contributed by atoms with Crippen LogP contribution >= 0.6 is 0 Å². The molecule has 0 aliphatic carbocycles. The van der Waals surface area contributed by atoms with Crippen LogP contribution in [0.2, 0.25) is 0 Å². The minimum Gasteiger partial charge on any atom is -0.396 e. The topological polar surface area (TPSA) is 124 Å². The summed E-state index contributed by atoms with van der Waals surface area (Å²) in [6, 6.07) is 5.79. The molecule has 0 spiro atoms. The number of hydrogen-bond donors (Lipinski definition) is 3. The van der Waals surface area contributed by atoms with E-state index in [0.717, 1.165) is 5.56 Å². The van der Waals surface area contributed by atoms with E-state index in [9.17, 15) is 19.1 Å². The average Bonchev–Trinajstić information content (AvgIpc) is 2.82. The summed E-state index contributed by atoms with van der Waals surface area (Å²) in [5.74, 6) is -0.256. The van der Waals surface area contributed by atoms with Gasteiger partial charge in [-0.25, -0.2) is 19.3 Å². The number of carbonyl (C=O) groups is 1. The second-order valence-corrected chi connectivity index (χ2v) is 8.01. The van der Waals surface area contributed by atoms with Gasteiger partial charge in [0.05, 0.1) is 17.3 Å². The average molecular weight is 452 g/mol. The molecule has 1 saturated heterocycles. The van der Waals surface area contributed by atoms with Crippen molar-refractivity contribution in [3.05, 3.63) is 81.5 Å². The molecular formula is C23H25FN6O3. The van der Waals surface area contributed by atoms with Crippen LogP contribution < -0.4 is 15.8 Å². The van der Waals surface area contributed by atoms with E-state index >= 15 is 0 Å². The molecule has 1 amide bonds. The lowest BCUT2D eigenvalue weighted by Crippen LogP contribution is -2.47. The van der Waals surface area contributed by atoms with Crippen LogP contribution in [0.5, 0.6) is 0 Å². The summed E-state index contributed by atoms with van der Waals surface area (Å²) in [6.45, 7) is 2.07. The Bertz CT molecular complexity index is 1190. The number of anilines is 1. The Kier molecular flexibility index (Phi) is 6.74. The van der Waals surface area contributed by atoms with Crippen molar-refractivity contribution < 1.29 is 14.3 Å². The monoisotopic (exact) mass is 452 g/mol. The molecule has 9 nitrogen and oxygen atoms in total. The molecule has 2 unspecified atom stereocenters. The maximum atomic E-state index is 14.0. The molecule has 3 aromatic rings. The first-order valence-electron chi connectivity index (χ1n) is 10.7. The molecule has 1 aliphatic heterocycles. The third kappa shape index (κ3) is 5.06. The zero-order chi connectivity index (χ0) is 23.4. The first kappa shape index (κ1) is 22.5. The normalized spacial score (nSPS) is 18.2. The maximum absolute atomic E-state index is 14.0. The number of hydrogen-bond acceptors (Lipinski definition) is 7. The van der Waals surface area contributed by atoms with Crippen LogP contribution in [0.25, 0.3) is 0 Å². The number of halogens is 1. The van der Waals surface area contributed by atoms with Gasteiger partial charge >= 0.3 is 0 Å². The SMILES string of the molecule is Cc1nc(N2CCC(NC(=O)c3cncnc3)CC2c2cccc(F)c2)[nH]c(=O)c1CCO. The van der Waals surface area contributed by atoms with Crippen molar-refractivity contribution in [3.8, 4) is 0 Å². The zero-order valence-corrected chi connectivity index (χ0v) is 18.2. The molecule has 33 heavy (non-hydrogen) atoms. The van der Waals surface area contributed by atoms with Gasteiger partial charge < -0.3 is 15.3 Å². The van der Waals surface area contributed by atoms with Crippen LogP contribution in [0.4, 0.5) is 10.3 Å². The van der Waals surface area contributed by atoms with Crippen molar-refractivity contribution >= 4 is 11.9 Å². The fourth-order valence-electron chi connectivity index (χ4n) is 4.20. The van der Waals surface area contributed by atoms with Gasteiger partial charge in [0.1, 0.15) is 12.1 Å². The Hall–Kier alpha value is -3.66. The number of H-pyrrole nitrogens is 1. The molecule has 2 aromatic heterocycles. The predicted octanol–water partition coefficient (Wildman–Crippen LogP) is 1.68. The largest absolute Gasteiger partial charge is 0.396 e. The van der Waals surface area contributed by atoms with E-state index in [1.54, 1.807) is 13.0 Å². The minimum absolute atomic E-state index is 0.144. The maximum Gasteiger partial charge on any atom is 0.255 e. The number of aliphatic hydroxyl groups excluding tert-OH is 1. The third-order valence-corrected chi connectivity index (χ3v) is 5.84. The molecule has 172 valence electrons. The smallest absolute Gasteiger partial charge is 0.255 e.